The summed E-state index contributed by atoms with van der Waals surface area (Å²) in [4.78, 5) is 12.4. The average Bonchev–Trinajstić information content (AvgIpc) is 2.90. The third-order valence-electron chi connectivity index (χ3n) is 4.12. The normalized spacial score (nSPS) is 10.3. The highest BCUT2D eigenvalue weighted by molar-refractivity contribution is 5.95. The number of anilines is 1. The minimum absolute atomic E-state index is 0. The number of Topliss-reactive ketones (excluding diaryl/α,β-unsaturated/α-hetero) is 1. The summed E-state index contributed by atoms with van der Waals surface area (Å²) in [7, 11) is 3.45. The number of nitrogens with two attached hydrogens (primary N) is 1. The van der Waals surface area contributed by atoms with Crippen LogP contribution in [0.3, 0.4) is 0 Å². The second kappa shape index (κ2) is 8.14. The van der Waals surface area contributed by atoms with Gasteiger partial charge in [0.1, 0.15) is 30.0 Å². The van der Waals surface area contributed by atoms with Crippen LogP contribution in [0.5, 0.6) is 5.75 Å². The number of ether oxygens (including phenoxy) is 1. The van der Waals surface area contributed by atoms with Gasteiger partial charge in [-0.15, -0.1) is 0 Å². The molecule has 0 radical (unpaired) electrons. The van der Waals surface area contributed by atoms with Crippen molar-refractivity contribution in [2.45, 2.75) is 6.54 Å². The first kappa shape index (κ1) is 19.7. The Labute approximate surface area is 161 Å². The van der Waals surface area contributed by atoms with E-state index in [4.69, 9.17) is 10.5 Å². The number of ketones is 1. The quantitative estimate of drug-likeness (QED) is 0.452. The number of nitrogen functional groups attached to an aromatic ring is 1. The average molecular weight is 420 g/mol. The molecule has 0 unspecified atom stereocenters. The number of carbonyl (C=O) groups excluding carboxylic acids is 1. The van der Waals surface area contributed by atoms with Crippen molar-refractivity contribution in [2.24, 2.45) is 7.05 Å². The molecule has 0 saturated heterocycles. The van der Waals surface area contributed by atoms with E-state index in [1.165, 1.54) is 24.3 Å². The molecule has 0 saturated carbocycles. The fourth-order valence-corrected chi connectivity index (χ4v) is 2.68. The molecule has 26 heavy (non-hydrogen) atoms. The summed E-state index contributed by atoms with van der Waals surface area (Å²) >= 11 is 0. The molecule has 3 rings (SSSR count). The Morgan fingerprint density at radius 2 is 1.92 bits per heavy atom. The summed E-state index contributed by atoms with van der Waals surface area (Å²) in [5.41, 5.74) is 8.38. The smallest absolute Gasteiger partial charge is 0.355 e. The van der Waals surface area contributed by atoms with E-state index in [0.717, 1.165) is 17.0 Å². The number of benzene rings is 2. The van der Waals surface area contributed by atoms with Gasteiger partial charge in [0, 0.05) is 11.1 Å². The van der Waals surface area contributed by atoms with Crippen molar-refractivity contribution in [3.63, 3.8) is 0 Å². The van der Waals surface area contributed by atoms with Crippen molar-refractivity contribution < 1.29 is 35.5 Å². The van der Waals surface area contributed by atoms with Gasteiger partial charge in [0.05, 0.1) is 14.2 Å². The van der Waals surface area contributed by atoms with E-state index in [-0.39, 0.29) is 35.1 Å². The van der Waals surface area contributed by atoms with Crippen LogP contribution < -0.4 is 32.0 Å². The van der Waals surface area contributed by atoms with Crippen LogP contribution in [0.2, 0.25) is 0 Å². The van der Waals surface area contributed by atoms with Crippen LogP contribution >= 0.6 is 0 Å². The number of methoxy groups -OCH3 is 1. The predicted molar refractivity (Wildman–Crippen MR) is 92.7 cm³/mol. The first-order valence-corrected chi connectivity index (χ1v) is 7.77. The zero-order valence-electron chi connectivity index (χ0n) is 14.4. The molecule has 2 N–H and O–H groups in total. The van der Waals surface area contributed by atoms with Crippen LogP contribution in [0.15, 0.2) is 54.7 Å². The molecule has 1 heterocycles. The first-order chi connectivity index (χ1) is 12.0. The van der Waals surface area contributed by atoms with E-state index in [1.807, 2.05) is 42.1 Å². The summed E-state index contributed by atoms with van der Waals surface area (Å²) in [6.07, 6.45) is 1.82. The number of aromatic nitrogens is 2. The van der Waals surface area contributed by atoms with Crippen molar-refractivity contribution in [2.75, 3.05) is 12.8 Å². The summed E-state index contributed by atoms with van der Waals surface area (Å²) in [5, 5.41) is 0. The highest BCUT2D eigenvalue weighted by Gasteiger charge is 2.20. The van der Waals surface area contributed by atoms with E-state index in [2.05, 4.69) is 0 Å². The van der Waals surface area contributed by atoms with Gasteiger partial charge in [0.15, 0.2) is 5.78 Å². The van der Waals surface area contributed by atoms with Gasteiger partial charge in [-0.3, -0.25) is 10.5 Å². The van der Waals surface area contributed by atoms with Crippen LogP contribution in [0.25, 0.3) is 11.3 Å². The number of imidazole rings is 1. The van der Waals surface area contributed by atoms with Crippen LogP contribution in [0, 0.1) is 5.82 Å². The molecule has 3 aromatic rings. The van der Waals surface area contributed by atoms with Gasteiger partial charge >= 0.3 is 5.95 Å². The lowest BCUT2D eigenvalue weighted by molar-refractivity contribution is -0.667. The highest BCUT2D eigenvalue weighted by atomic mass is 79.9. The predicted octanol–water partition coefficient (Wildman–Crippen LogP) is -0.404. The number of nitrogens with zero attached hydrogens (tertiary/aromatic N) is 2. The fraction of sp³-hybridized carbons (Fsp3) is 0.158. The van der Waals surface area contributed by atoms with Gasteiger partial charge in [-0.05, 0) is 36.4 Å². The molecule has 7 heteroatoms. The Morgan fingerprint density at radius 3 is 2.58 bits per heavy atom. The van der Waals surface area contributed by atoms with E-state index >= 15 is 0 Å². The van der Waals surface area contributed by atoms with Crippen molar-refractivity contribution >= 4 is 11.7 Å². The van der Waals surface area contributed by atoms with Crippen LogP contribution in [-0.2, 0) is 13.6 Å². The third-order valence-corrected chi connectivity index (χ3v) is 4.12. The lowest BCUT2D eigenvalue weighted by Gasteiger charge is -2.02. The molecule has 0 aliphatic carbocycles. The summed E-state index contributed by atoms with van der Waals surface area (Å²) < 4.78 is 21.7. The minimum Gasteiger partial charge on any atom is -1.00 e. The molecule has 0 atom stereocenters. The van der Waals surface area contributed by atoms with Crippen molar-refractivity contribution in [1.29, 1.82) is 0 Å². The van der Waals surface area contributed by atoms with E-state index < -0.39 is 0 Å². The molecular weight excluding hydrogens is 401 g/mol. The number of halogens is 2. The number of hydrogen-bond donors (Lipinski definition) is 1. The van der Waals surface area contributed by atoms with Gasteiger partial charge in [-0.25, -0.2) is 13.5 Å². The summed E-state index contributed by atoms with van der Waals surface area (Å²) in [5.74, 6) is 0.683. The van der Waals surface area contributed by atoms with E-state index in [9.17, 15) is 9.18 Å². The largest absolute Gasteiger partial charge is 1.00 e. The van der Waals surface area contributed by atoms with Crippen LogP contribution in [0.4, 0.5) is 10.3 Å². The standard InChI is InChI=1S/C19H18FN3O2.BrH/c1-22-17(14-4-3-5-16(10-14)25-2)11-23(19(22)21)12-18(24)13-6-8-15(20)9-7-13;/h3-11,21H,12H2,1-2H3;1H. The van der Waals surface area contributed by atoms with Gasteiger partial charge in [-0.2, -0.15) is 0 Å². The Bertz CT molecular complexity index is 923. The van der Waals surface area contributed by atoms with Crippen LogP contribution in [0.1, 0.15) is 10.4 Å². The van der Waals surface area contributed by atoms with Gasteiger partial charge in [0.2, 0.25) is 0 Å². The molecule has 0 spiro atoms. The summed E-state index contributed by atoms with van der Waals surface area (Å²) in [6.45, 7) is 0.0786. The number of carbonyl (C=O) groups is 1. The number of hydrogen-bond acceptors (Lipinski definition) is 3. The van der Waals surface area contributed by atoms with Crippen molar-refractivity contribution in [3.05, 3.63) is 66.1 Å². The lowest BCUT2D eigenvalue weighted by Crippen LogP contribution is -3.00. The molecule has 5 nitrogen and oxygen atoms in total. The molecule has 0 aliphatic rings. The molecule has 0 amide bonds. The maximum absolute atomic E-state index is 13.0. The first-order valence-electron chi connectivity index (χ1n) is 7.77. The molecule has 0 aliphatic heterocycles. The Morgan fingerprint density at radius 1 is 1.23 bits per heavy atom. The molecule has 0 bridgehead atoms. The van der Waals surface area contributed by atoms with Gasteiger partial charge in [0.25, 0.3) is 0 Å². The second-order valence-corrected chi connectivity index (χ2v) is 5.72. The summed E-state index contributed by atoms with van der Waals surface area (Å²) in [6, 6.07) is 13.1. The molecule has 136 valence electrons. The maximum atomic E-state index is 13.0. The van der Waals surface area contributed by atoms with Crippen LogP contribution in [-0.4, -0.2) is 17.5 Å². The van der Waals surface area contributed by atoms with Crippen molar-refractivity contribution in [3.8, 4) is 17.0 Å². The molecular formula is C19H19BrFN3O2. The zero-order valence-corrected chi connectivity index (χ0v) is 16.0. The Balaban J connectivity index is 0.00000243. The third kappa shape index (κ3) is 3.94. The van der Waals surface area contributed by atoms with Crippen molar-refractivity contribution in [1.82, 2.24) is 4.57 Å². The van der Waals surface area contributed by atoms with Gasteiger partial charge < -0.3 is 21.7 Å². The van der Waals surface area contributed by atoms with E-state index in [1.54, 1.807) is 11.7 Å². The lowest BCUT2D eigenvalue weighted by atomic mass is 10.1. The van der Waals surface area contributed by atoms with Gasteiger partial charge in [-0.1, -0.05) is 12.1 Å². The minimum atomic E-state index is -0.372. The van der Waals surface area contributed by atoms with E-state index in [0.29, 0.717) is 11.5 Å². The molecule has 1 aromatic heterocycles. The Hall–Kier alpha value is -2.67. The topological polar surface area (TPSA) is 61.1 Å². The SMILES string of the molecule is COc1cccc(-c2c[n+](CC(=O)c3ccc(F)cc3)c(N)n2C)c1.[Br-]. The maximum Gasteiger partial charge on any atom is 0.355 e. The monoisotopic (exact) mass is 419 g/mol. The second-order valence-electron chi connectivity index (χ2n) is 5.72. The fourth-order valence-electron chi connectivity index (χ4n) is 2.68. The number of rotatable bonds is 5. The Kier molecular flexibility index (Phi) is 6.15. The molecule has 2 aromatic carbocycles. The molecule has 0 fully saturated rings. The zero-order chi connectivity index (χ0) is 18.0. The highest BCUT2D eigenvalue weighted by Crippen LogP contribution is 2.24.